The molecule has 1 saturated heterocycles. The summed E-state index contributed by atoms with van der Waals surface area (Å²) in [6.07, 6.45) is 2.28. The molecule has 1 fully saturated rings. The van der Waals surface area contributed by atoms with Gasteiger partial charge in [-0.05, 0) is 11.6 Å². The number of aromatic amines is 1. The average Bonchev–Trinajstić information content (AvgIpc) is 3.28. The molecule has 0 aliphatic carbocycles. The number of carbonyl (C=O) groups excluding carboxylic acids is 1. The number of H-pyrrole nitrogens is 1. The number of amides is 1. The van der Waals surface area contributed by atoms with Crippen LogP contribution in [-0.4, -0.2) is 47.1 Å². The molecule has 0 unspecified atom stereocenters. The summed E-state index contributed by atoms with van der Waals surface area (Å²) in [5.74, 6) is 0.0136. The summed E-state index contributed by atoms with van der Waals surface area (Å²) in [5.41, 5.74) is 3.14. The molecule has 0 atom stereocenters. The molecule has 3 heterocycles. The minimum atomic E-state index is 0.0136. The van der Waals surface area contributed by atoms with Gasteiger partial charge in [0.1, 0.15) is 5.01 Å². The van der Waals surface area contributed by atoms with Gasteiger partial charge in [-0.1, -0.05) is 18.2 Å². The third kappa shape index (κ3) is 4.12. The number of ether oxygens (including phenoxy) is 1. The van der Waals surface area contributed by atoms with Crippen LogP contribution in [-0.2, 0) is 29.0 Å². The molecule has 136 valence electrons. The first kappa shape index (κ1) is 17.2. The number of nitrogens with one attached hydrogen (secondary N) is 2. The number of carbonyl (C=O) groups is 1. The summed E-state index contributed by atoms with van der Waals surface area (Å²) in [6, 6.07) is 8.03. The molecule has 0 saturated carbocycles. The van der Waals surface area contributed by atoms with Crippen LogP contribution in [0.1, 0.15) is 16.3 Å². The Morgan fingerprint density at radius 2 is 2.15 bits per heavy atom. The molecular weight excluding hydrogens is 348 g/mol. The first-order valence-electron chi connectivity index (χ1n) is 8.83. The Morgan fingerprint density at radius 3 is 3.04 bits per heavy atom. The standard InChI is InChI=1S/C19H22N4O2S/c24-18(9-14-10-20-17-4-2-1-3-16(14)17)21-11-19-22-15(13-26-19)12-23-5-7-25-8-6-23/h1-4,10,13,20H,5-9,11-12H2,(H,21,24). The lowest BCUT2D eigenvalue weighted by Gasteiger charge is -2.25. The van der Waals surface area contributed by atoms with E-state index in [9.17, 15) is 4.79 Å². The lowest BCUT2D eigenvalue weighted by Crippen LogP contribution is -2.35. The van der Waals surface area contributed by atoms with Gasteiger partial charge in [-0.3, -0.25) is 9.69 Å². The van der Waals surface area contributed by atoms with Crippen molar-refractivity contribution >= 4 is 28.1 Å². The van der Waals surface area contributed by atoms with E-state index in [0.29, 0.717) is 13.0 Å². The van der Waals surface area contributed by atoms with Crippen molar-refractivity contribution < 1.29 is 9.53 Å². The van der Waals surface area contributed by atoms with E-state index >= 15 is 0 Å². The van der Waals surface area contributed by atoms with Crippen molar-refractivity contribution in [2.75, 3.05) is 26.3 Å². The number of morpholine rings is 1. The van der Waals surface area contributed by atoms with Crippen LogP contribution in [0.25, 0.3) is 10.9 Å². The lowest BCUT2D eigenvalue weighted by molar-refractivity contribution is -0.120. The lowest BCUT2D eigenvalue weighted by atomic mass is 10.1. The second kappa shape index (κ2) is 7.99. The molecule has 0 radical (unpaired) electrons. The van der Waals surface area contributed by atoms with E-state index in [1.165, 1.54) is 0 Å². The Bertz CT molecular complexity index is 882. The highest BCUT2D eigenvalue weighted by atomic mass is 32.1. The molecule has 0 spiro atoms. The first-order chi connectivity index (χ1) is 12.8. The molecule has 2 N–H and O–H groups in total. The van der Waals surface area contributed by atoms with Crippen molar-refractivity contribution in [2.24, 2.45) is 0 Å². The monoisotopic (exact) mass is 370 g/mol. The quantitative estimate of drug-likeness (QED) is 0.699. The molecule has 1 amide bonds. The van der Waals surface area contributed by atoms with Crippen LogP contribution in [0, 0.1) is 0 Å². The molecule has 1 aromatic carbocycles. The third-order valence-electron chi connectivity index (χ3n) is 4.55. The van der Waals surface area contributed by atoms with Gasteiger partial charge in [-0.25, -0.2) is 4.98 Å². The van der Waals surface area contributed by atoms with Crippen LogP contribution in [0.5, 0.6) is 0 Å². The van der Waals surface area contributed by atoms with E-state index in [1.807, 2.05) is 30.5 Å². The third-order valence-corrected chi connectivity index (χ3v) is 5.45. The second-order valence-corrected chi connectivity index (χ2v) is 7.38. The van der Waals surface area contributed by atoms with Gasteiger partial charge in [0.05, 0.1) is 31.9 Å². The van der Waals surface area contributed by atoms with Gasteiger partial charge in [0, 0.05) is 42.1 Å². The van der Waals surface area contributed by atoms with Gasteiger partial charge < -0.3 is 15.0 Å². The number of fused-ring (bicyclic) bond motifs is 1. The predicted octanol–water partition coefficient (Wildman–Crippen LogP) is 2.32. The SMILES string of the molecule is O=C(Cc1c[nH]c2ccccc12)NCc1nc(CN2CCOCC2)cs1. The van der Waals surface area contributed by atoms with Gasteiger partial charge in [-0.15, -0.1) is 11.3 Å². The Hall–Kier alpha value is -2.22. The Balaban J connectivity index is 1.29. The number of nitrogens with zero attached hydrogens (tertiary/aromatic N) is 2. The van der Waals surface area contributed by atoms with Gasteiger partial charge in [0.25, 0.3) is 0 Å². The van der Waals surface area contributed by atoms with Crippen molar-refractivity contribution in [1.82, 2.24) is 20.2 Å². The highest BCUT2D eigenvalue weighted by Crippen LogP contribution is 2.18. The maximum absolute atomic E-state index is 12.3. The zero-order valence-electron chi connectivity index (χ0n) is 14.5. The van der Waals surface area contributed by atoms with E-state index < -0.39 is 0 Å². The minimum absolute atomic E-state index is 0.0136. The van der Waals surface area contributed by atoms with E-state index in [2.05, 4.69) is 25.6 Å². The van der Waals surface area contributed by atoms with Crippen molar-refractivity contribution in [3.8, 4) is 0 Å². The number of hydrogen-bond donors (Lipinski definition) is 2. The fourth-order valence-corrected chi connectivity index (χ4v) is 3.90. The molecular formula is C19H22N4O2S. The normalized spacial score (nSPS) is 15.4. The molecule has 2 aromatic heterocycles. The zero-order chi connectivity index (χ0) is 17.8. The number of para-hydroxylation sites is 1. The Labute approximate surface area is 156 Å². The fourth-order valence-electron chi connectivity index (χ4n) is 3.18. The highest BCUT2D eigenvalue weighted by Gasteiger charge is 2.13. The van der Waals surface area contributed by atoms with Crippen molar-refractivity contribution in [3.63, 3.8) is 0 Å². The first-order valence-corrected chi connectivity index (χ1v) is 9.71. The van der Waals surface area contributed by atoms with Gasteiger partial charge in [-0.2, -0.15) is 0 Å². The number of rotatable bonds is 6. The molecule has 7 heteroatoms. The summed E-state index contributed by atoms with van der Waals surface area (Å²) < 4.78 is 5.37. The molecule has 3 aromatic rings. The van der Waals surface area contributed by atoms with Gasteiger partial charge in [0.15, 0.2) is 0 Å². The molecule has 0 bridgehead atoms. The molecule has 1 aliphatic heterocycles. The second-order valence-electron chi connectivity index (χ2n) is 6.43. The molecule has 26 heavy (non-hydrogen) atoms. The Kier molecular flexibility index (Phi) is 5.29. The van der Waals surface area contributed by atoms with Crippen molar-refractivity contribution in [3.05, 3.63) is 52.1 Å². The fraction of sp³-hybridized carbons (Fsp3) is 0.368. The van der Waals surface area contributed by atoms with Gasteiger partial charge >= 0.3 is 0 Å². The summed E-state index contributed by atoms with van der Waals surface area (Å²) in [5, 5.41) is 7.11. The van der Waals surface area contributed by atoms with Crippen LogP contribution in [0.2, 0.25) is 0 Å². The van der Waals surface area contributed by atoms with Gasteiger partial charge in [0.2, 0.25) is 5.91 Å². The zero-order valence-corrected chi connectivity index (χ0v) is 15.3. The van der Waals surface area contributed by atoms with E-state index in [1.54, 1.807) is 11.3 Å². The van der Waals surface area contributed by atoms with Crippen molar-refractivity contribution in [1.29, 1.82) is 0 Å². The van der Waals surface area contributed by atoms with Crippen LogP contribution in [0.4, 0.5) is 0 Å². The molecule has 1 aliphatic rings. The van der Waals surface area contributed by atoms with Crippen molar-refractivity contribution in [2.45, 2.75) is 19.5 Å². The topological polar surface area (TPSA) is 70.2 Å². The smallest absolute Gasteiger partial charge is 0.224 e. The summed E-state index contributed by atoms with van der Waals surface area (Å²) in [7, 11) is 0. The van der Waals surface area contributed by atoms with Crippen LogP contribution >= 0.6 is 11.3 Å². The summed E-state index contributed by atoms with van der Waals surface area (Å²) in [4.78, 5) is 22.5. The minimum Gasteiger partial charge on any atom is -0.379 e. The number of thiazole rings is 1. The number of hydrogen-bond acceptors (Lipinski definition) is 5. The maximum atomic E-state index is 12.3. The highest BCUT2D eigenvalue weighted by molar-refractivity contribution is 7.09. The number of benzene rings is 1. The Morgan fingerprint density at radius 1 is 1.31 bits per heavy atom. The maximum Gasteiger partial charge on any atom is 0.224 e. The van der Waals surface area contributed by atoms with Crippen LogP contribution in [0.15, 0.2) is 35.8 Å². The van der Waals surface area contributed by atoms with E-state index in [0.717, 1.165) is 60.0 Å². The number of aromatic nitrogens is 2. The average molecular weight is 370 g/mol. The van der Waals surface area contributed by atoms with E-state index in [4.69, 9.17) is 4.74 Å². The van der Waals surface area contributed by atoms with Crippen LogP contribution < -0.4 is 5.32 Å². The largest absolute Gasteiger partial charge is 0.379 e. The molecule has 4 rings (SSSR count). The predicted molar refractivity (Wildman–Crippen MR) is 102 cm³/mol. The molecule has 6 nitrogen and oxygen atoms in total. The van der Waals surface area contributed by atoms with Crippen LogP contribution in [0.3, 0.4) is 0 Å². The summed E-state index contributed by atoms with van der Waals surface area (Å²) >= 11 is 1.60. The summed E-state index contributed by atoms with van der Waals surface area (Å²) in [6.45, 7) is 4.82. The van der Waals surface area contributed by atoms with E-state index in [-0.39, 0.29) is 5.91 Å².